The number of thioether (sulfide) groups is 1. The Balaban J connectivity index is 2.02. The van der Waals surface area contributed by atoms with Gasteiger partial charge in [0.1, 0.15) is 0 Å². The van der Waals surface area contributed by atoms with Crippen LogP contribution in [0.25, 0.3) is 0 Å². The maximum Gasteiger partial charge on any atom is 0.0213 e. The van der Waals surface area contributed by atoms with E-state index in [4.69, 9.17) is 0 Å². The van der Waals surface area contributed by atoms with Crippen LogP contribution in [-0.4, -0.2) is 17.5 Å². The third-order valence-corrected chi connectivity index (χ3v) is 5.31. The molecule has 0 amide bonds. The number of nitrogens with one attached hydrogen (secondary N) is 1. The number of aryl methyl sites for hydroxylation is 3. The summed E-state index contributed by atoms with van der Waals surface area (Å²) in [5.41, 5.74) is 5.72. The lowest BCUT2D eigenvalue weighted by Gasteiger charge is -2.21. The maximum absolute atomic E-state index is 3.78. The summed E-state index contributed by atoms with van der Waals surface area (Å²) in [4.78, 5) is 0. The summed E-state index contributed by atoms with van der Waals surface area (Å²) in [5, 5.41) is 4.59. The van der Waals surface area contributed by atoms with E-state index in [0.717, 1.165) is 11.8 Å². The van der Waals surface area contributed by atoms with E-state index in [1.165, 1.54) is 41.5 Å². The molecular formula is C16H25NS. The molecule has 1 fully saturated rings. The second-order valence-electron chi connectivity index (χ2n) is 5.57. The lowest BCUT2D eigenvalue weighted by atomic mass is 9.99. The summed E-state index contributed by atoms with van der Waals surface area (Å²) >= 11 is 2.02. The van der Waals surface area contributed by atoms with E-state index in [1.807, 2.05) is 11.8 Å². The first-order valence-corrected chi connectivity index (χ1v) is 8.23. The lowest BCUT2D eigenvalue weighted by molar-refractivity contribution is 0.530. The van der Waals surface area contributed by atoms with Gasteiger partial charge in [0, 0.05) is 17.8 Å². The topological polar surface area (TPSA) is 12.0 Å². The molecule has 0 bridgehead atoms. The largest absolute Gasteiger partial charge is 0.309 e. The first kappa shape index (κ1) is 14.0. The highest BCUT2D eigenvalue weighted by atomic mass is 32.2. The first-order valence-electron chi connectivity index (χ1n) is 6.94. The molecular weight excluding hydrogens is 238 g/mol. The van der Waals surface area contributed by atoms with Crippen molar-refractivity contribution >= 4 is 11.8 Å². The molecule has 2 atom stereocenters. The van der Waals surface area contributed by atoms with Gasteiger partial charge >= 0.3 is 0 Å². The van der Waals surface area contributed by atoms with Crippen LogP contribution < -0.4 is 5.32 Å². The summed E-state index contributed by atoms with van der Waals surface area (Å²) in [6.45, 7) is 7.67. The van der Waals surface area contributed by atoms with Crippen LogP contribution in [0.15, 0.2) is 12.1 Å². The van der Waals surface area contributed by atoms with Crippen molar-refractivity contribution in [1.82, 2.24) is 5.32 Å². The lowest BCUT2D eigenvalue weighted by Crippen LogP contribution is -2.33. The van der Waals surface area contributed by atoms with Crippen LogP contribution in [0.2, 0.25) is 0 Å². The van der Waals surface area contributed by atoms with Gasteiger partial charge in [-0.15, -0.1) is 0 Å². The van der Waals surface area contributed by atoms with Crippen LogP contribution in [0.5, 0.6) is 0 Å². The van der Waals surface area contributed by atoms with E-state index < -0.39 is 0 Å². The maximum atomic E-state index is 3.78. The van der Waals surface area contributed by atoms with Gasteiger partial charge in [-0.3, -0.25) is 0 Å². The normalized spacial score (nSPS) is 23.6. The number of hydrogen-bond donors (Lipinski definition) is 1. The summed E-state index contributed by atoms with van der Waals surface area (Å²) in [7, 11) is 0. The predicted molar refractivity (Wildman–Crippen MR) is 82.4 cm³/mol. The summed E-state index contributed by atoms with van der Waals surface area (Å²) in [6, 6.07) is 5.30. The molecule has 1 aliphatic rings. The monoisotopic (exact) mass is 263 g/mol. The second kappa shape index (κ2) is 6.12. The molecule has 0 saturated heterocycles. The molecule has 1 saturated carbocycles. The minimum Gasteiger partial charge on any atom is -0.309 e. The third kappa shape index (κ3) is 3.10. The van der Waals surface area contributed by atoms with E-state index in [-0.39, 0.29) is 0 Å². The molecule has 100 valence electrons. The highest BCUT2D eigenvalue weighted by Gasteiger charge is 2.25. The van der Waals surface area contributed by atoms with Crippen LogP contribution in [0.1, 0.15) is 41.5 Å². The number of rotatable bonds is 4. The van der Waals surface area contributed by atoms with Crippen molar-refractivity contribution in [2.75, 3.05) is 6.26 Å². The zero-order valence-corrected chi connectivity index (χ0v) is 12.9. The van der Waals surface area contributed by atoms with Crippen molar-refractivity contribution in [3.05, 3.63) is 34.4 Å². The van der Waals surface area contributed by atoms with Gasteiger partial charge in [-0.1, -0.05) is 24.1 Å². The fraction of sp³-hybridized carbons (Fsp3) is 0.625. The highest BCUT2D eigenvalue weighted by Crippen LogP contribution is 2.29. The quantitative estimate of drug-likeness (QED) is 0.881. The molecule has 1 aliphatic carbocycles. The molecule has 0 spiro atoms. The van der Waals surface area contributed by atoms with Crippen LogP contribution in [-0.2, 0) is 6.54 Å². The zero-order valence-electron chi connectivity index (χ0n) is 12.0. The van der Waals surface area contributed by atoms with Gasteiger partial charge in [0.05, 0.1) is 0 Å². The van der Waals surface area contributed by atoms with Gasteiger partial charge in [0.2, 0.25) is 0 Å². The molecule has 0 radical (unpaired) electrons. The Morgan fingerprint density at radius 2 is 1.83 bits per heavy atom. The van der Waals surface area contributed by atoms with E-state index in [1.54, 1.807) is 0 Å². The van der Waals surface area contributed by atoms with E-state index in [9.17, 15) is 0 Å². The van der Waals surface area contributed by atoms with Crippen molar-refractivity contribution in [3.63, 3.8) is 0 Å². The minimum absolute atomic E-state index is 0.708. The van der Waals surface area contributed by atoms with Gasteiger partial charge in [0.15, 0.2) is 0 Å². The molecule has 2 heteroatoms. The fourth-order valence-electron chi connectivity index (χ4n) is 3.16. The Labute approximate surface area is 116 Å². The molecule has 0 aromatic heterocycles. The Morgan fingerprint density at radius 3 is 2.44 bits per heavy atom. The standard InChI is InChI=1S/C16H25NS/c1-11-8-12(2)14(13(3)9-11)10-17-15-6-5-7-16(15)18-4/h8-9,15-17H,5-7,10H2,1-4H3. The Hall–Kier alpha value is -0.470. The summed E-state index contributed by atoms with van der Waals surface area (Å²) < 4.78 is 0. The number of benzene rings is 1. The van der Waals surface area contributed by atoms with Crippen LogP contribution in [0.4, 0.5) is 0 Å². The minimum atomic E-state index is 0.708. The summed E-state index contributed by atoms with van der Waals surface area (Å²) in [6.07, 6.45) is 6.35. The SMILES string of the molecule is CSC1CCCC1NCc1c(C)cc(C)cc1C. The van der Waals surface area contributed by atoms with Crippen molar-refractivity contribution < 1.29 is 0 Å². The van der Waals surface area contributed by atoms with Crippen molar-refractivity contribution in [2.45, 2.75) is 57.9 Å². The third-order valence-electron chi connectivity index (χ3n) is 4.14. The summed E-state index contributed by atoms with van der Waals surface area (Å²) in [5.74, 6) is 0. The van der Waals surface area contributed by atoms with Crippen molar-refractivity contribution in [3.8, 4) is 0 Å². The predicted octanol–water partition coefficient (Wildman–Crippen LogP) is 3.99. The fourth-order valence-corrected chi connectivity index (χ4v) is 4.13. The van der Waals surface area contributed by atoms with Crippen molar-refractivity contribution in [1.29, 1.82) is 0 Å². The van der Waals surface area contributed by atoms with Crippen LogP contribution in [0.3, 0.4) is 0 Å². The smallest absolute Gasteiger partial charge is 0.0213 e. The Kier molecular flexibility index (Phi) is 4.74. The number of hydrogen-bond acceptors (Lipinski definition) is 2. The molecule has 2 rings (SSSR count). The molecule has 2 unspecified atom stereocenters. The molecule has 18 heavy (non-hydrogen) atoms. The average molecular weight is 263 g/mol. The molecule has 1 aromatic rings. The van der Waals surface area contributed by atoms with E-state index in [0.29, 0.717) is 6.04 Å². The molecule has 1 nitrogen and oxygen atoms in total. The second-order valence-corrected chi connectivity index (χ2v) is 6.65. The van der Waals surface area contributed by atoms with Gasteiger partial charge in [-0.05, 0) is 56.6 Å². The van der Waals surface area contributed by atoms with Crippen LogP contribution in [0, 0.1) is 20.8 Å². The van der Waals surface area contributed by atoms with Crippen molar-refractivity contribution in [2.24, 2.45) is 0 Å². The Morgan fingerprint density at radius 1 is 1.17 bits per heavy atom. The van der Waals surface area contributed by atoms with Gasteiger partial charge in [0.25, 0.3) is 0 Å². The first-order chi connectivity index (χ1) is 8.61. The molecule has 1 aromatic carbocycles. The van der Waals surface area contributed by atoms with Gasteiger partial charge in [-0.2, -0.15) is 11.8 Å². The van der Waals surface area contributed by atoms with Gasteiger partial charge < -0.3 is 5.32 Å². The highest BCUT2D eigenvalue weighted by molar-refractivity contribution is 7.99. The van der Waals surface area contributed by atoms with Crippen LogP contribution >= 0.6 is 11.8 Å². The molecule has 0 heterocycles. The van der Waals surface area contributed by atoms with E-state index in [2.05, 4.69) is 44.5 Å². The van der Waals surface area contributed by atoms with Gasteiger partial charge in [-0.25, -0.2) is 0 Å². The zero-order chi connectivity index (χ0) is 13.1. The average Bonchev–Trinajstić information content (AvgIpc) is 2.75. The molecule has 0 aliphatic heterocycles. The Bertz CT molecular complexity index is 391. The molecule has 1 N–H and O–H groups in total. The van der Waals surface area contributed by atoms with E-state index >= 15 is 0 Å².